The summed E-state index contributed by atoms with van der Waals surface area (Å²) in [5, 5.41) is 0. The molecule has 0 aromatic carbocycles. The summed E-state index contributed by atoms with van der Waals surface area (Å²) in [6.45, 7) is 4.58. The molecule has 0 bridgehead atoms. The first-order valence-electron chi connectivity index (χ1n) is 6.88. The first-order valence-corrected chi connectivity index (χ1v) is 8.73. The Morgan fingerprint density at radius 3 is 2.11 bits per heavy atom. The van der Waals surface area contributed by atoms with Crippen LogP contribution in [-0.2, 0) is 10.1 Å². The van der Waals surface area contributed by atoms with Crippen molar-refractivity contribution in [1.82, 2.24) is 9.80 Å². The quantitative estimate of drug-likeness (QED) is 0.577. The zero-order valence-electron chi connectivity index (χ0n) is 12.4. The Bertz CT molecular complexity index is 334. The molecule has 1 N–H and O–H groups in total. The van der Waals surface area contributed by atoms with Crippen LogP contribution in [0.5, 0.6) is 0 Å². The Hall–Kier alpha value is -0.750. The van der Waals surface area contributed by atoms with Gasteiger partial charge >= 0.3 is 0 Å². The van der Waals surface area contributed by atoms with Crippen molar-refractivity contribution < 1.29 is 13.0 Å². The lowest BCUT2D eigenvalue weighted by atomic mass is 10.1. The minimum Gasteiger partial charge on any atom is -0.362 e. The topological polar surface area (TPSA) is 60.9 Å². The average Bonchev–Trinajstić information content (AvgIpc) is 2.67. The summed E-state index contributed by atoms with van der Waals surface area (Å²) in [5.74, 6) is 0. The van der Waals surface area contributed by atoms with E-state index in [2.05, 4.69) is 36.2 Å². The molecule has 1 aliphatic rings. The zero-order valence-corrected chi connectivity index (χ0v) is 13.2. The molecule has 0 saturated carbocycles. The average molecular weight is 292 g/mol. The molecule has 0 amide bonds. The lowest BCUT2D eigenvalue weighted by molar-refractivity contribution is 0.290. The van der Waals surface area contributed by atoms with Gasteiger partial charge in [-0.3, -0.25) is 4.55 Å². The van der Waals surface area contributed by atoms with E-state index >= 15 is 0 Å². The second kappa shape index (κ2) is 10.1. The molecule has 0 unspecified atom stereocenters. The molecule has 0 radical (unpaired) electrons. The van der Waals surface area contributed by atoms with E-state index in [-0.39, 0.29) is 0 Å². The molecule has 6 heteroatoms. The van der Waals surface area contributed by atoms with Crippen LogP contribution in [0.25, 0.3) is 0 Å². The Morgan fingerprint density at radius 1 is 1.11 bits per heavy atom. The van der Waals surface area contributed by atoms with Gasteiger partial charge in [0.05, 0.1) is 12.9 Å². The Morgan fingerprint density at radius 2 is 1.63 bits per heavy atom. The summed E-state index contributed by atoms with van der Waals surface area (Å²) in [7, 11) is -1.54. The van der Waals surface area contributed by atoms with E-state index in [1.54, 1.807) is 0 Å². The highest BCUT2D eigenvalue weighted by Crippen LogP contribution is 2.08. The number of nitrogens with zero attached hydrogens (tertiary/aromatic N) is 2. The molecular formula is C13H28N2O3S. The molecule has 1 heterocycles. The third-order valence-electron chi connectivity index (χ3n) is 2.74. The molecule has 1 aliphatic heterocycles. The highest BCUT2D eigenvalue weighted by atomic mass is 32.2. The van der Waals surface area contributed by atoms with Gasteiger partial charge in [0.25, 0.3) is 10.1 Å². The van der Waals surface area contributed by atoms with Crippen molar-refractivity contribution in [3.05, 3.63) is 12.4 Å². The maximum absolute atomic E-state index is 9.19. The predicted molar refractivity (Wildman–Crippen MR) is 79.3 cm³/mol. The third-order valence-corrected chi connectivity index (χ3v) is 2.74. The van der Waals surface area contributed by atoms with Crippen LogP contribution in [0.3, 0.4) is 0 Å². The van der Waals surface area contributed by atoms with Crippen molar-refractivity contribution >= 4 is 10.1 Å². The van der Waals surface area contributed by atoms with Crippen LogP contribution in [0.1, 0.15) is 45.4 Å². The maximum Gasteiger partial charge on any atom is 0.261 e. The normalized spacial score (nSPS) is 14.5. The van der Waals surface area contributed by atoms with Crippen LogP contribution >= 0.6 is 0 Å². The van der Waals surface area contributed by atoms with E-state index < -0.39 is 10.1 Å². The standard InChI is InChI=1S/C12H24N2.CH4O3S/c1-3-4-5-6-7-8-9-14-11-10-13(2)12-14;1-5(2,3)4/h10-11H,3-9,12H2,1-2H3;1H3,(H,2,3,4). The van der Waals surface area contributed by atoms with Crippen molar-refractivity contribution in [2.24, 2.45) is 0 Å². The van der Waals surface area contributed by atoms with Gasteiger partial charge in [-0.05, 0) is 6.42 Å². The Labute approximate surface area is 118 Å². The summed E-state index contributed by atoms with van der Waals surface area (Å²) in [4.78, 5) is 4.61. The summed E-state index contributed by atoms with van der Waals surface area (Å²) in [6, 6.07) is 0. The van der Waals surface area contributed by atoms with Gasteiger partial charge in [-0.2, -0.15) is 8.42 Å². The summed E-state index contributed by atoms with van der Waals surface area (Å²) in [5.41, 5.74) is 0. The Balaban J connectivity index is 0.000000555. The maximum atomic E-state index is 9.19. The van der Waals surface area contributed by atoms with Gasteiger partial charge in [0.2, 0.25) is 0 Å². The molecule has 0 aromatic heterocycles. The molecule has 19 heavy (non-hydrogen) atoms. The van der Waals surface area contributed by atoms with Gasteiger partial charge in [-0.25, -0.2) is 0 Å². The minimum absolute atomic E-state index is 0.715. The highest BCUT2D eigenvalue weighted by Gasteiger charge is 2.06. The molecule has 0 saturated heterocycles. The fourth-order valence-electron chi connectivity index (χ4n) is 1.83. The monoisotopic (exact) mass is 292 g/mol. The highest BCUT2D eigenvalue weighted by molar-refractivity contribution is 7.85. The van der Waals surface area contributed by atoms with Crippen molar-refractivity contribution in [3.63, 3.8) is 0 Å². The smallest absolute Gasteiger partial charge is 0.261 e. The van der Waals surface area contributed by atoms with Gasteiger partial charge in [-0.15, -0.1) is 0 Å². The van der Waals surface area contributed by atoms with Crippen LogP contribution in [-0.4, -0.2) is 49.3 Å². The summed E-state index contributed by atoms with van der Waals surface area (Å²) < 4.78 is 25.9. The van der Waals surface area contributed by atoms with Crippen molar-refractivity contribution in [3.8, 4) is 0 Å². The van der Waals surface area contributed by atoms with E-state index in [0.717, 1.165) is 6.67 Å². The van der Waals surface area contributed by atoms with E-state index in [1.165, 1.54) is 45.1 Å². The largest absolute Gasteiger partial charge is 0.362 e. The fraction of sp³-hybridized carbons (Fsp3) is 0.846. The van der Waals surface area contributed by atoms with E-state index in [9.17, 15) is 8.42 Å². The number of hydrogen-bond acceptors (Lipinski definition) is 4. The van der Waals surface area contributed by atoms with Crippen molar-refractivity contribution in [2.75, 3.05) is 26.5 Å². The minimum atomic E-state index is -3.67. The van der Waals surface area contributed by atoms with Crippen molar-refractivity contribution in [1.29, 1.82) is 0 Å². The van der Waals surface area contributed by atoms with Crippen molar-refractivity contribution in [2.45, 2.75) is 45.4 Å². The van der Waals surface area contributed by atoms with Crippen LogP contribution in [0.15, 0.2) is 12.4 Å². The first-order chi connectivity index (χ1) is 8.83. The van der Waals surface area contributed by atoms with Crippen LogP contribution in [0.4, 0.5) is 0 Å². The molecule has 0 atom stereocenters. The van der Waals surface area contributed by atoms with Gasteiger partial charge in [-0.1, -0.05) is 39.0 Å². The molecule has 0 fully saturated rings. The van der Waals surface area contributed by atoms with E-state index in [1.807, 2.05) is 0 Å². The van der Waals surface area contributed by atoms with E-state index in [4.69, 9.17) is 4.55 Å². The second-order valence-electron chi connectivity index (χ2n) is 5.01. The molecule has 0 aliphatic carbocycles. The van der Waals surface area contributed by atoms with Crippen LogP contribution < -0.4 is 0 Å². The Kier molecular flexibility index (Phi) is 9.69. The third kappa shape index (κ3) is 15.2. The van der Waals surface area contributed by atoms with Gasteiger partial charge < -0.3 is 9.80 Å². The molecule has 5 nitrogen and oxygen atoms in total. The molecule has 1 rings (SSSR count). The summed E-state index contributed by atoms with van der Waals surface area (Å²) >= 11 is 0. The molecule has 114 valence electrons. The molecular weight excluding hydrogens is 264 g/mol. The predicted octanol–water partition coefficient (Wildman–Crippen LogP) is 2.53. The number of hydrogen-bond donors (Lipinski definition) is 1. The number of rotatable bonds is 7. The molecule has 0 spiro atoms. The van der Waals surface area contributed by atoms with Crippen LogP contribution in [0.2, 0.25) is 0 Å². The van der Waals surface area contributed by atoms with Gasteiger partial charge in [0, 0.05) is 26.0 Å². The zero-order chi connectivity index (χ0) is 14.7. The lowest BCUT2D eigenvalue weighted by Gasteiger charge is -2.17. The summed E-state index contributed by atoms with van der Waals surface area (Å²) in [6.07, 6.45) is 13.4. The number of unbranched alkanes of at least 4 members (excludes halogenated alkanes) is 5. The molecule has 0 aromatic rings. The van der Waals surface area contributed by atoms with Gasteiger partial charge in [0.1, 0.15) is 0 Å². The lowest BCUT2D eigenvalue weighted by Crippen LogP contribution is -2.23. The van der Waals surface area contributed by atoms with Crippen LogP contribution in [0, 0.1) is 0 Å². The second-order valence-corrected chi connectivity index (χ2v) is 6.48. The SMILES string of the molecule is CCCCCCCCN1C=CN(C)C1.CS(=O)(=O)O. The fourth-order valence-corrected chi connectivity index (χ4v) is 1.83. The first kappa shape index (κ1) is 18.2. The van der Waals surface area contributed by atoms with E-state index in [0.29, 0.717) is 6.26 Å². The van der Waals surface area contributed by atoms with Gasteiger partial charge in [0.15, 0.2) is 0 Å².